The number of nitrogens with zero attached hydrogens (tertiary/aromatic N) is 4. The number of pyridine rings is 1. The van der Waals surface area contributed by atoms with Gasteiger partial charge in [0.15, 0.2) is 0 Å². The molecular formula is C26H29N5O3. The van der Waals surface area contributed by atoms with Crippen LogP contribution in [0, 0.1) is 12.8 Å². The quantitative estimate of drug-likeness (QED) is 0.581. The third kappa shape index (κ3) is 5.57. The van der Waals surface area contributed by atoms with E-state index < -0.39 is 5.91 Å². The zero-order chi connectivity index (χ0) is 24.1. The second-order valence-electron chi connectivity index (χ2n) is 8.65. The maximum Gasteiger partial charge on any atom is 0.267 e. The number of piperidine rings is 1. The van der Waals surface area contributed by atoms with Crippen LogP contribution in [0.15, 0.2) is 48.7 Å². The molecule has 1 saturated heterocycles. The summed E-state index contributed by atoms with van der Waals surface area (Å²) in [5.41, 5.74) is 8.90. The Labute approximate surface area is 199 Å². The third-order valence-corrected chi connectivity index (χ3v) is 6.08. The summed E-state index contributed by atoms with van der Waals surface area (Å²) in [4.78, 5) is 39.6. The Morgan fingerprint density at radius 2 is 1.97 bits per heavy atom. The molecule has 0 saturated carbocycles. The van der Waals surface area contributed by atoms with E-state index in [0.29, 0.717) is 37.3 Å². The van der Waals surface area contributed by atoms with Crippen molar-refractivity contribution in [2.24, 2.45) is 11.7 Å². The van der Waals surface area contributed by atoms with E-state index in [1.54, 1.807) is 26.3 Å². The molecule has 2 aromatic heterocycles. The van der Waals surface area contributed by atoms with Crippen LogP contribution in [0.3, 0.4) is 0 Å². The van der Waals surface area contributed by atoms with Crippen molar-refractivity contribution in [3.05, 3.63) is 82.7 Å². The van der Waals surface area contributed by atoms with Crippen LogP contribution >= 0.6 is 0 Å². The zero-order valence-corrected chi connectivity index (χ0v) is 19.5. The number of ether oxygens (including phenoxy) is 1. The van der Waals surface area contributed by atoms with Crippen molar-refractivity contribution in [2.45, 2.75) is 32.6 Å². The van der Waals surface area contributed by atoms with E-state index in [-0.39, 0.29) is 17.5 Å². The lowest BCUT2D eigenvalue weighted by molar-refractivity contribution is 0.0672. The molecule has 3 aromatic rings. The Kier molecular flexibility index (Phi) is 7.15. The molecule has 1 aliphatic rings. The van der Waals surface area contributed by atoms with Gasteiger partial charge in [0, 0.05) is 42.7 Å². The average Bonchev–Trinajstić information content (AvgIpc) is 2.84. The lowest BCUT2D eigenvalue weighted by Gasteiger charge is -2.32. The summed E-state index contributed by atoms with van der Waals surface area (Å²) >= 11 is 0. The molecule has 0 spiro atoms. The van der Waals surface area contributed by atoms with Crippen molar-refractivity contribution in [1.82, 2.24) is 19.9 Å². The molecule has 1 aromatic carbocycles. The molecule has 34 heavy (non-hydrogen) atoms. The molecule has 8 heteroatoms. The molecule has 8 nitrogen and oxygen atoms in total. The van der Waals surface area contributed by atoms with Crippen molar-refractivity contribution in [3.63, 3.8) is 0 Å². The van der Waals surface area contributed by atoms with Crippen LogP contribution in [-0.4, -0.2) is 51.9 Å². The van der Waals surface area contributed by atoms with E-state index in [1.807, 2.05) is 41.3 Å². The molecule has 0 bridgehead atoms. The SMILES string of the molecule is COc1ccccc1Cc1ccc(C(=O)N2CCC[C@@H](Cc3cc(C(N)=O)nc(C)n3)C2)cn1. The van der Waals surface area contributed by atoms with E-state index >= 15 is 0 Å². The van der Waals surface area contributed by atoms with Gasteiger partial charge in [-0.3, -0.25) is 14.6 Å². The van der Waals surface area contributed by atoms with Gasteiger partial charge in [0.25, 0.3) is 11.8 Å². The highest BCUT2D eigenvalue weighted by atomic mass is 16.5. The van der Waals surface area contributed by atoms with E-state index in [2.05, 4.69) is 15.0 Å². The lowest BCUT2D eigenvalue weighted by atomic mass is 9.92. The van der Waals surface area contributed by atoms with Gasteiger partial charge in [-0.15, -0.1) is 0 Å². The Hall–Kier alpha value is -3.81. The zero-order valence-electron chi connectivity index (χ0n) is 19.5. The minimum absolute atomic E-state index is 0.0160. The number of aromatic nitrogens is 3. The lowest BCUT2D eigenvalue weighted by Crippen LogP contribution is -2.40. The molecule has 0 aliphatic carbocycles. The minimum atomic E-state index is -0.561. The summed E-state index contributed by atoms with van der Waals surface area (Å²) < 4.78 is 5.42. The number of primary amides is 1. The number of carbonyl (C=O) groups is 2. The summed E-state index contributed by atoms with van der Waals surface area (Å²) in [5.74, 6) is 1.03. The summed E-state index contributed by atoms with van der Waals surface area (Å²) in [7, 11) is 1.66. The van der Waals surface area contributed by atoms with Crippen LogP contribution in [0.5, 0.6) is 5.75 Å². The fourth-order valence-electron chi connectivity index (χ4n) is 4.45. The Morgan fingerprint density at radius 3 is 2.71 bits per heavy atom. The average molecular weight is 460 g/mol. The summed E-state index contributed by atoms with van der Waals surface area (Å²) in [5, 5.41) is 0. The molecule has 1 fully saturated rings. The van der Waals surface area contributed by atoms with Gasteiger partial charge in [-0.25, -0.2) is 9.97 Å². The number of para-hydroxylation sites is 1. The standard InChI is InChI=1S/C26H29N5O3/c1-17-29-22(14-23(30-17)25(27)32)12-18-6-5-11-31(16-18)26(33)20-9-10-21(28-15-20)13-19-7-3-4-8-24(19)34-2/h3-4,7-10,14-15,18H,5-6,11-13,16H2,1-2H3,(H2,27,32)/t18-/m0/s1. The first-order valence-corrected chi connectivity index (χ1v) is 11.4. The molecule has 0 radical (unpaired) electrons. The smallest absolute Gasteiger partial charge is 0.267 e. The van der Waals surface area contributed by atoms with E-state index in [1.165, 1.54) is 0 Å². The fraction of sp³-hybridized carbons (Fsp3) is 0.346. The highest BCUT2D eigenvalue weighted by molar-refractivity contribution is 5.94. The predicted molar refractivity (Wildman–Crippen MR) is 128 cm³/mol. The van der Waals surface area contributed by atoms with Crippen LogP contribution in [-0.2, 0) is 12.8 Å². The largest absolute Gasteiger partial charge is 0.496 e. The maximum absolute atomic E-state index is 13.1. The number of likely N-dealkylation sites (tertiary alicyclic amines) is 1. The molecule has 2 N–H and O–H groups in total. The molecular weight excluding hydrogens is 430 g/mol. The molecule has 1 aliphatic heterocycles. The third-order valence-electron chi connectivity index (χ3n) is 6.08. The first-order valence-electron chi connectivity index (χ1n) is 11.4. The monoisotopic (exact) mass is 459 g/mol. The topological polar surface area (TPSA) is 111 Å². The number of amides is 2. The molecule has 0 unspecified atom stereocenters. The van der Waals surface area contributed by atoms with Crippen molar-refractivity contribution in [1.29, 1.82) is 0 Å². The molecule has 3 heterocycles. The van der Waals surface area contributed by atoms with E-state index in [4.69, 9.17) is 10.5 Å². The van der Waals surface area contributed by atoms with E-state index in [0.717, 1.165) is 35.5 Å². The minimum Gasteiger partial charge on any atom is -0.496 e. The van der Waals surface area contributed by atoms with Gasteiger partial charge in [0.2, 0.25) is 0 Å². The van der Waals surface area contributed by atoms with Crippen LogP contribution < -0.4 is 10.5 Å². The number of hydrogen-bond acceptors (Lipinski definition) is 6. The van der Waals surface area contributed by atoms with Gasteiger partial charge in [-0.2, -0.15) is 0 Å². The highest BCUT2D eigenvalue weighted by Crippen LogP contribution is 2.23. The number of hydrogen-bond donors (Lipinski definition) is 1. The van der Waals surface area contributed by atoms with Crippen LogP contribution in [0.25, 0.3) is 0 Å². The second-order valence-corrected chi connectivity index (χ2v) is 8.65. The Morgan fingerprint density at radius 1 is 1.15 bits per heavy atom. The fourth-order valence-corrected chi connectivity index (χ4v) is 4.45. The van der Waals surface area contributed by atoms with Crippen molar-refractivity contribution < 1.29 is 14.3 Å². The normalized spacial score (nSPS) is 15.7. The molecule has 1 atom stereocenters. The Bertz CT molecular complexity index is 1180. The first kappa shape index (κ1) is 23.4. The molecule has 4 rings (SSSR count). The van der Waals surface area contributed by atoms with Gasteiger partial charge < -0.3 is 15.4 Å². The van der Waals surface area contributed by atoms with Gasteiger partial charge in [-0.05, 0) is 56.4 Å². The number of benzene rings is 1. The van der Waals surface area contributed by atoms with Gasteiger partial charge in [-0.1, -0.05) is 18.2 Å². The summed E-state index contributed by atoms with van der Waals surface area (Å²) in [6, 6.07) is 13.2. The van der Waals surface area contributed by atoms with E-state index in [9.17, 15) is 9.59 Å². The van der Waals surface area contributed by atoms with Crippen LogP contribution in [0.2, 0.25) is 0 Å². The first-order chi connectivity index (χ1) is 16.4. The molecule has 2 amide bonds. The summed E-state index contributed by atoms with van der Waals surface area (Å²) in [6.45, 7) is 3.10. The number of carbonyl (C=O) groups excluding carboxylic acids is 2. The number of nitrogens with two attached hydrogens (primary N) is 1. The molecule has 176 valence electrons. The van der Waals surface area contributed by atoms with Crippen LogP contribution in [0.4, 0.5) is 0 Å². The van der Waals surface area contributed by atoms with Crippen molar-refractivity contribution in [2.75, 3.05) is 20.2 Å². The van der Waals surface area contributed by atoms with Gasteiger partial charge in [0.1, 0.15) is 17.3 Å². The predicted octanol–water partition coefficient (Wildman–Crippen LogP) is 2.97. The Balaban J connectivity index is 1.40. The summed E-state index contributed by atoms with van der Waals surface area (Å²) in [6.07, 6.45) is 4.88. The number of methoxy groups -OCH3 is 1. The second kappa shape index (κ2) is 10.4. The number of rotatable bonds is 7. The van der Waals surface area contributed by atoms with Gasteiger partial charge in [0.05, 0.1) is 12.7 Å². The van der Waals surface area contributed by atoms with Crippen molar-refractivity contribution >= 4 is 11.8 Å². The maximum atomic E-state index is 13.1. The van der Waals surface area contributed by atoms with Crippen LogP contribution in [0.1, 0.15) is 56.5 Å². The number of aryl methyl sites for hydroxylation is 1. The highest BCUT2D eigenvalue weighted by Gasteiger charge is 2.25. The van der Waals surface area contributed by atoms with Gasteiger partial charge >= 0.3 is 0 Å². The van der Waals surface area contributed by atoms with Crippen molar-refractivity contribution in [3.8, 4) is 5.75 Å².